The van der Waals surface area contributed by atoms with Crippen molar-refractivity contribution in [2.45, 2.75) is 52.2 Å². The first-order valence-corrected chi connectivity index (χ1v) is 5.83. The number of ketones is 1. The summed E-state index contributed by atoms with van der Waals surface area (Å²) in [4.78, 5) is 14.0. The first-order valence-electron chi connectivity index (χ1n) is 5.83. The fraction of sp³-hybridized carbons (Fsp3) is 0.917. The summed E-state index contributed by atoms with van der Waals surface area (Å²) in [6, 6.07) is 0.00102. The van der Waals surface area contributed by atoms with E-state index in [1.807, 2.05) is 27.7 Å². The normalized spacial score (nSPS) is 24.1. The summed E-state index contributed by atoms with van der Waals surface area (Å²) in [7, 11) is 0. The fourth-order valence-corrected chi connectivity index (χ4v) is 2.06. The van der Waals surface area contributed by atoms with E-state index in [0.717, 1.165) is 25.9 Å². The highest BCUT2D eigenvalue weighted by molar-refractivity contribution is 5.85. The van der Waals surface area contributed by atoms with E-state index in [2.05, 4.69) is 4.90 Å². The standard InChI is InChI=1S/C12H23NO2/c1-9(2)11(14)10(3)13-7-5-12(4,15)6-8-13/h9-10,15H,5-8H2,1-4H3/t10-/m1/s1. The van der Waals surface area contributed by atoms with E-state index in [4.69, 9.17) is 0 Å². The summed E-state index contributed by atoms with van der Waals surface area (Å²) in [6.07, 6.45) is 1.53. The van der Waals surface area contributed by atoms with E-state index in [0.29, 0.717) is 5.78 Å². The van der Waals surface area contributed by atoms with Crippen molar-refractivity contribution >= 4 is 5.78 Å². The van der Waals surface area contributed by atoms with Crippen LogP contribution in [-0.4, -0.2) is 40.5 Å². The van der Waals surface area contributed by atoms with Crippen LogP contribution in [-0.2, 0) is 4.79 Å². The Balaban J connectivity index is 2.50. The molecule has 15 heavy (non-hydrogen) atoms. The monoisotopic (exact) mass is 213 g/mol. The van der Waals surface area contributed by atoms with Crippen molar-refractivity contribution in [1.82, 2.24) is 4.90 Å². The van der Waals surface area contributed by atoms with Gasteiger partial charge < -0.3 is 5.11 Å². The summed E-state index contributed by atoms with van der Waals surface area (Å²) >= 11 is 0. The summed E-state index contributed by atoms with van der Waals surface area (Å²) in [5.41, 5.74) is -0.531. The minimum absolute atomic E-state index is 0.00102. The Labute approximate surface area is 92.5 Å². The molecule has 0 saturated carbocycles. The van der Waals surface area contributed by atoms with E-state index in [9.17, 15) is 9.90 Å². The van der Waals surface area contributed by atoms with Crippen LogP contribution in [0.2, 0.25) is 0 Å². The molecule has 1 saturated heterocycles. The van der Waals surface area contributed by atoms with Crippen LogP contribution >= 0.6 is 0 Å². The average molecular weight is 213 g/mol. The lowest BCUT2D eigenvalue weighted by Gasteiger charge is -2.38. The van der Waals surface area contributed by atoms with E-state index in [1.165, 1.54) is 0 Å². The molecule has 3 heteroatoms. The summed E-state index contributed by atoms with van der Waals surface area (Å²) in [5.74, 6) is 0.402. The Morgan fingerprint density at radius 3 is 2.13 bits per heavy atom. The van der Waals surface area contributed by atoms with Gasteiger partial charge in [0.2, 0.25) is 0 Å². The molecule has 1 fully saturated rings. The number of rotatable bonds is 3. The smallest absolute Gasteiger partial charge is 0.152 e. The average Bonchev–Trinajstić information content (AvgIpc) is 2.15. The van der Waals surface area contributed by atoms with Gasteiger partial charge in [-0.25, -0.2) is 0 Å². The Kier molecular flexibility index (Phi) is 3.90. The fourth-order valence-electron chi connectivity index (χ4n) is 2.06. The third kappa shape index (κ3) is 3.28. The van der Waals surface area contributed by atoms with Crippen molar-refractivity contribution in [2.75, 3.05) is 13.1 Å². The topological polar surface area (TPSA) is 40.5 Å². The van der Waals surface area contributed by atoms with Gasteiger partial charge in [-0.1, -0.05) is 13.8 Å². The molecule has 0 aromatic rings. The largest absolute Gasteiger partial charge is 0.390 e. The minimum atomic E-state index is -0.531. The van der Waals surface area contributed by atoms with Crippen LogP contribution in [0.1, 0.15) is 40.5 Å². The Morgan fingerprint density at radius 1 is 1.27 bits per heavy atom. The van der Waals surface area contributed by atoms with E-state index in [-0.39, 0.29) is 12.0 Å². The maximum absolute atomic E-state index is 11.8. The third-order valence-corrected chi connectivity index (χ3v) is 3.40. The van der Waals surface area contributed by atoms with Gasteiger partial charge in [-0.3, -0.25) is 9.69 Å². The highest BCUT2D eigenvalue weighted by atomic mass is 16.3. The van der Waals surface area contributed by atoms with Crippen molar-refractivity contribution in [3.63, 3.8) is 0 Å². The Hall–Kier alpha value is -0.410. The lowest BCUT2D eigenvalue weighted by atomic mass is 9.91. The molecule has 3 nitrogen and oxygen atoms in total. The molecule has 0 aliphatic carbocycles. The molecule has 0 radical (unpaired) electrons. The number of Topliss-reactive ketones (excluding diaryl/α,β-unsaturated/α-hetero) is 1. The van der Waals surface area contributed by atoms with Crippen molar-refractivity contribution in [1.29, 1.82) is 0 Å². The Morgan fingerprint density at radius 2 is 1.73 bits per heavy atom. The molecular weight excluding hydrogens is 190 g/mol. The molecule has 88 valence electrons. The molecule has 0 spiro atoms. The molecule has 0 amide bonds. The van der Waals surface area contributed by atoms with Gasteiger partial charge >= 0.3 is 0 Å². The zero-order valence-corrected chi connectivity index (χ0v) is 10.3. The zero-order valence-electron chi connectivity index (χ0n) is 10.3. The number of hydrogen-bond donors (Lipinski definition) is 1. The van der Waals surface area contributed by atoms with Gasteiger partial charge in [0.1, 0.15) is 0 Å². The molecule has 1 rings (SSSR count). The minimum Gasteiger partial charge on any atom is -0.390 e. The predicted molar refractivity (Wildman–Crippen MR) is 60.7 cm³/mol. The molecule has 0 bridgehead atoms. The van der Waals surface area contributed by atoms with Gasteiger partial charge in [0, 0.05) is 19.0 Å². The lowest BCUT2D eigenvalue weighted by molar-refractivity contribution is -0.128. The highest BCUT2D eigenvalue weighted by Crippen LogP contribution is 2.23. The number of aliphatic hydroxyl groups is 1. The molecular formula is C12H23NO2. The number of carbonyl (C=O) groups is 1. The molecule has 0 aromatic carbocycles. The number of piperidine rings is 1. The van der Waals surface area contributed by atoms with Crippen LogP contribution in [0, 0.1) is 5.92 Å². The first kappa shape index (κ1) is 12.7. The molecule has 0 unspecified atom stereocenters. The summed E-state index contributed by atoms with van der Waals surface area (Å²) in [6.45, 7) is 9.39. The SMILES string of the molecule is CC(C)C(=O)[C@@H](C)N1CCC(C)(O)CC1. The van der Waals surface area contributed by atoms with Crippen molar-refractivity contribution in [2.24, 2.45) is 5.92 Å². The Bertz CT molecular complexity index is 226. The van der Waals surface area contributed by atoms with E-state index in [1.54, 1.807) is 0 Å². The van der Waals surface area contributed by atoms with Crippen LogP contribution in [0.15, 0.2) is 0 Å². The molecule has 1 aliphatic heterocycles. The van der Waals surface area contributed by atoms with Gasteiger partial charge in [0.05, 0.1) is 11.6 Å². The van der Waals surface area contributed by atoms with Crippen molar-refractivity contribution < 1.29 is 9.90 Å². The summed E-state index contributed by atoms with van der Waals surface area (Å²) < 4.78 is 0. The van der Waals surface area contributed by atoms with Crippen molar-refractivity contribution in [3.05, 3.63) is 0 Å². The first-order chi connectivity index (χ1) is 6.83. The van der Waals surface area contributed by atoms with Gasteiger partial charge in [-0.15, -0.1) is 0 Å². The molecule has 1 heterocycles. The van der Waals surface area contributed by atoms with Crippen LogP contribution in [0.4, 0.5) is 0 Å². The predicted octanol–water partition coefficient (Wildman–Crippen LogP) is 1.45. The lowest BCUT2D eigenvalue weighted by Crippen LogP contribution is -2.49. The molecule has 1 N–H and O–H groups in total. The quantitative estimate of drug-likeness (QED) is 0.771. The number of hydrogen-bond acceptors (Lipinski definition) is 3. The van der Waals surface area contributed by atoms with Crippen LogP contribution in [0.3, 0.4) is 0 Å². The van der Waals surface area contributed by atoms with Crippen LogP contribution in [0.25, 0.3) is 0 Å². The number of likely N-dealkylation sites (tertiary alicyclic amines) is 1. The second kappa shape index (κ2) is 4.62. The maximum Gasteiger partial charge on any atom is 0.152 e. The summed E-state index contributed by atoms with van der Waals surface area (Å²) in [5, 5.41) is 9.81. The van der Waals surface area contributed by atoms with Gasteiger partial charge in [0.15, 0.2) is 5.78 Å². The van der Waals surface area contributed by atoms with Gasteiger partial charge in [0.25, 0.3) is 0 Å². The third-order valence-electron chi connectivity index (χ3n) is 3.40. The highest BCUT2D eigenvalue weighted by Gasteiger charge is 2.31. The number of nitrogens with zero attached hydrogens (tertiary/aromatic N) is 1. The van der Waals surface area contributed by atoms with E-state index >= 15 is 0 Å². The molecule has 1 atom stereocenters. The molecule has 0 aromatic heterocycles. The van der Waals surface area contributed by atoms with Gasteiger partial charge in [-0.2, -0.15) is 0 Å². The maximum atomic E-state index is 11.8. The van der Waals surface area contributed by atoms with E-state index < -0.39 is 5.60 Å². The van der Waals surface area contributed by atoms with Crippen LogP contribution < -0.4 is 0 Å². The second-order valence-electron chi connectivity index (χ2n) is 5.27. The number of carbonyl (C=O) groups excluding carboxylic acids is 1. The molecule has 1 aliphatic rings. The van der Waals surface area contributed by atoms with Crippen LogP contribution in [0.5, 0.6) is 0 Å². The zero-order chi connectivity index (χ0) is 11.6. The van der Waals surface area contributed by atoms with Gasteiger partial charge in [-0.05, 0) is 26.7 Å². The second-order valence-corrected chi connectivity index (χ2v) is 5.27. The van der Waals surface area contributed by atoms with Crippen molar-refractivity contribution in [3.8, 4) is 0 Å².